The Morgan fingerprint density at radius 3 is 2.92 bits per heavy atom. The van der Waals surface area contributed by atoms with Crippen LogP contribution in [0.25, 0.3) is 0 Å². The average molecular weight is 171 g/mol. The molecule has 5 heteroatoms. The van der Waals surface area contributed by atoms with Gasteiger partial charge in [0.25, 0.3) is 0 Å². The van der Waals surface area contributed by atoms with E-state index in [1.54, 1.807) is 0 Å². The maximum Gasteiger partial charge on any atom is 0.240 e. The number of hydrogen-bond donors (Lipinski definition) is 0. The Hall–Kier alpha value is -1.44. The second kappa shape index (κ2) is 3.81. The molecular weight excluding hydrogens is 164 g/mol. The highest BCUT2D eigenvalue weighted by Gasteiger charge is 2.03. The number of aromatic nitrogens is 2. The Morgan fingerprint density at radius 1 is 1.67 bits per heavy atom. The number of halogens is 2. The van der Waals surface area contributed by atoms with Crippen LogP contribution in [0.2, 0.25) is 0 Å². The largest absolute Gasteiger partial charge is 0.271 e. The number of aryl methyl sites for hydroxylation is 1. The van der Waals surface area contributed by atoms with Gasteiger partial charge in [-0.3, -0.25) is 4.68 Å². The molecule has 3 nitrogen and oxygen atoms in total. The van der Waals surface area contributed by atoms with Crippen LogP contribution in [0.1, 0.15) is 12.0 Å². The van der Waals surface area contributed by atoms with Crippen LogP contribution in [0.4, 0.5) is 8.78 Å². The first-order valence-electron chi connectivity index (χ1n) is 3.43. The lowest BCUT2D eigenvalue weighted by atomic mass is 10.4. The second-order valence-electron chi connectivity index (χ2n) is 2.28. The van der Waals surface area contributed by atoms with Crippen LogP contribution in [0.3, 0.4) is 0 Å². The molecule has 0 spiro atoms. The Kier molecular flexibility index (Phi) is 2.75. The maximum absolute atomic E-state index is 11.7. The number of rotatable bonds is 3. The summed E-state index contributed by atoms with van der Waals surface area (Å²) in [5.41, 5.74) is 0.393. The van der Waals surface area contributed by atoms with Crippen LogP contribution in [-0.4, -0.2) is 16.2 Å². The first-order valence-corrected chi connectivity index (χ1v) is 3.43. The molecule has 0 radical (unpaired) electrons. The molecule has 0 saturated carbocycles. The van der Waals surface area contributed by atoms with Crippen molar-refractivity contribution in [1.29, 1.82) is 5.26 Å². The van der Waals surface area contributed by atoms with Gasteiger partial charge in [-0.1, -0.05) is 0 Å². The third kappa shape index (κ3) is 2.31. The molecule has 0 atom stereocenters. The Morgan fingerprint density at radius 2 is 2.42 bits per heavy atom. The van der Waals surface area contributed by atoms with E-state index >= 15 is 0 Å². The van der Waals surface area contributed by atoms with Gasteiger partial charge < -0.3 is 0 Å². The molecule has 0 aliphatic rings. The zero-order chi connectivity index (χ0) is 8.97. The third-order valence-corrected chi connectivity index (χ3v) is 1.34. The molecule has 0 aliphatic carbocycles. The minimum absolute atomic E-state index is 0.152. The monoisotopic (exact) mass is 171 g/mol. The molecule has 0 unspecified atom stereocenters. The van der Waals surface area contributed by atoms with Crippen molar-refractivity contribution in [3.05, 3.63) is 18.0 Å². The predicted octanol–water partition coefficient (Wildman–Crippen LogP) is 1.41. The zero-order valence-corrected chi connectivity index (χ0v) is 6.24. The van der Waals surface area contributed by atoms with Gasteiger partial charge in [0, 0.05) is 19.2 Å². The molecule has 1 aromatic rings. The van der Waals surface area contributed by atoms with Crippen LogP contribution in [0.5, 0.6) is 0 Å². The van der Waals surface area contributed by atoms with Crippen molar-refractivity contribution in [2.24, 2.45) is 0 Å². The van der Waals surface area contributed by atoms with Gasteiger partial charge in [-0.25, -0.2) is 8.78 Å². The summed E-state index contributed by atoms with van der Waals surface area (Å²) in [6, 6.07) is 1.86. The highest BCUT2D eigenvalue weighted by molar-refractivity contribution is 5.21. The van der Waals surface area contributed by atoms with Crippen LogP contribution in [0, 0.1) is 11.3 Å². The third-order valence-electron chi connectivity index (χ3n) is 1.34. The SMILES string of the molecule is N#Cc1cnn(CCC(F)F)c1. The van der Waals surface area contributed by atoms with Crippen molar-refractivity contribution < 1.29 is 8.78 Å². The summed E-state index contributed by atoms with van der Waals surface area (Å²) >= 11 is 0. The molecule has 0 aromatic carbocycles. The fraction of sp³-hybridized carbons (Fsp3) is 0.429. The molecule has 12 heavy (non-hydrogen) atoms. The fourth-order valence-electron chi connectivity index (χ4n) is 0.773. The fourth-order valence-corrected chi connectivity index (χ4v) is 0.773. The van der Waals surface area contributed by atoms with Crippen molar-refractivity contribution in [3.8, 4) is 6.07 Å². The lowest BCUT2D eigenvalue weighted by Gasteiger charge is -1.98. The van der Waals surface area contributed by atoms with Gasteiger partial charge in [-0.2, -0.15) is 10.4 Å². The van der Waals surface area contributed by atoms with Crippen molar-refractivity contribution in [3.63, 3.8) is 0 Å². The summed E-state index contributed by atoms with van der Waals surface area (Å²) in [6.07, 6.45) is 0.250. The first kappa shape index (κ1) is 8.65. The zero-order valence-electron chi connectivity index (χ0n) is 6.24. The number of nitriles is 1. The topological polar surface area (TPSA) is 41.6 Å². The minimum Gasteiger partial charge on any atom is -0.271 e. The van der Waals surface area contributed by atoms with E-state index in [4.69, 9.17) is 5.26 Å². The van der Waals surface area contributed by atoms with E-state index in [0.29, 0.717) is 5.56 Å². The van der Waals surface area contributed by atoms with E-state index in [2.05, 4.69) is 5.10 Å². The summed E-state index contributed by atoms with van der Waals surface area (Å²) in [7, 11) is 0. The van der Waals surface area contributed by atoms with Gasteiger partial charge in [-0.15, -0.1) is 0 Å². The van der Waals surface area contributed by atoms with Crippen molar-refractivity contribution in [2.75, 3.05) is 0 Å². The highest BCUT2D eigenvalue weighted by Crippen LogP contribution is 2.02. The van der Waals surface area contributed by atoms with E-state index in [9.17, 15) is 8.78 Å². The van der Waals surface area contributed by atoms with Crippen molar-refractivity contribution in [1.82, 2.24) is 9.78 Å². The molecule has 0 bridgehead atoms. The summed E-state index contributed by atoms with van der Waals surface area (Å²) in [6.45, 7) is 0.152. The number of alkyl halides is 2. The molecule has 1 heterocycles. The Bertz CT molecular complexity index is 287. The van der Waals surface area contributed by atoms with Gasteiger partial charge in [-0.05, 0) is 0 Å². The van der Waals surface area contributed by atoms with E-state index in [1.165, 1.54) is 17.1 Å². The standard InChI is InChI=1S/C7H7F2N3/c8-7(9)1-2-12-5-6(3-10)4-11-12/h4-5,7H,1-2H2. The Balaban J connectivity index is 2.48. The van der Waals surface area contributed by atoms with Gasteiger partial charge in [0.1, 0.15) is 6.07 Å². The van der Waals surface area contributed by atoms with Crippen LogP contribution in [-0.2, 0) is 6.54 Å². The molecule has 0 aliphatic heterocycles. The molecule has 0 amide bonds. The van der Waals surface area contributed by atoms with E-state index in [0.717, 1.165) is 0 Å². The number of hydrogen-bond acceptors (Lipinski definition) is 2. The quantitative estimate of drug-likeness (QED) is 0.689. The highest BCUT2D eigenvalue weighted by atomic mass is 19.3. The molecule has 64 valence electrons. The molecule has 1 rings (SSSR count). The van der Waals surface area contributed by atoms with E-state index in [1.807, 2.05) is 6.07 Å². The summed E-state index contributed by atoms with van der Waals surface area (Å²) in [5.74, 6) is 0. The van der Waals surface area contributed by atoms with Gasteiger partial charge >= 0.3 is 0 Å². The summed E-state index contributed by atoms with van der Waals surface area (Å²) in [4.78, 5) is 0. The van der Waals surface area contributed by atoms with E-state index < -0.39 is 6.43 Å². The predicted molar refractivity (Wildman–Crippen MR) is 37.6 cm³/mol. The van der Waals surface area contributed by atoms with Gasteiger partial charge in [0.15, 0.2) is 0 Å². The van der Waals surface area contributed by atoms with Crippen molar-refractivity contribution >= 4 is 0 Å². The Labute approximate surface area is 68.2 Å². The molecule has 1 aromatic heterocycles. The summed E-state index contributed by atoms with van der Waals surface area (Å²) < 4.78 is 24.7. The maximum atomic E-state index is 11.7. The lowest BCUT2D eigenvalue weighted by Crippen LogP contribution is -2.02. The van der Waals surface area contributed by atoms with E-state index in [-0.39, 0.29) is 13.0 Å². The van der Waals surface area contributed by atoms with Crippen LogP contribution in [0.15, 0.2) is 12.4 Å². The lowest BCUT2D eigenvalue weighted by molar-refractivity contribution is 0.130. The van der Waals surface area contributed by atoms with Crippen LogP contribution >= 0.6 is 0 Å². The molecule has 0 N–H and O–H groups in total. The van der Waals surface area contributed by atoms with Gasteiger partial charge in [0.05, 0.1) is 11.8 Å². The van der Waals surface area contributed by atoms with Crippen LogP contribution < -0.4 is 0 Å². The van der Waals surface area contributed by atoms with Gasteiger partial charge in [0.2, 0.25) is 6.43 Å². The average Bonchev–Trinajstić information content (AvgIpc) is 2.48. The van der Waals surface area contributed by atoms with Crippen molar-refractivity contribution in [2.45, 2.75) is 19.4 Å². The normalized spacial score (nSPS) is 10.2. The molecular formula is C7H7F2N3. The second-order valence-corrected chi connectivity index (χ2v) is 2.28. The minimum atomic E-state index is -2.32. The summed E-state index contributed by atoms with van der Waals surface area (Å²) in [5, 5.41) is 12.1. The smallest absolute Gasteiger partial charge is 0.240 e. The number of nitrogens with zero attached hydrogens (tertiary/aromatic N) is 3. The first-order chi connectivity index (χ1) is 5.72. The molecule has 0 saturated heterocycles. The molecule has 0 fully saturated rings.